The van der Waals surface area contributed by atoms with Crippen molar-refractivity contribution in [1.29, 1.82) is 0 Å². The van der Waals surface area contributed by atoms with E-state index in [2.05, 4.69) is 27.5 Å². The number of aromatic nitrogens is 2. The number of hydrogen-bond acceptors (Lipinski definition) is 3. The van der Waals surface area contributed by atoms with Crippen molar-refractivity contribution in [3.8, 4) is 5.69 Å². The third kappa shape index (κ3) is 6.70. The highest BCUT2D eigenvalue weighted by atomic mass is 16.2. The lowest BCUT2D eigenvalue weighted by Gasteiger charge is -2.22. The van der Waals surface area contributed by atoms with Gasteiger partial charge in [0.25, 0.3) is 0 Å². The fourth-order valence-electron chi connectivity index (χ4n) is 3.07. The number of aliphatic imine (C=N–C) groups is 1. The topological polar surface area (TPSA) is 65.8 Å². The second kappa shape index (κ2) is 11.0. The summed E-state index contributed by atoms with van der Waals surface area (Å²) in [5.74, 6) is 0.659. The monoisotopic (exact) mass is 418 g/mol. The van der Waals surface area contributed by atoms with E-state index in [4.69, 9.17) is 0 Å². The molecule has 3 aromatic rings. The third-order valence-corrected chi connectivity index (χ3v) is 4.84. The van der Waals surface area contributed by atoms with E-state index >= 15 is 0 Å². The lowest BCUT2D eigenvalue weighted by Crippen LogP contribution is -2.40. The Balaban J connectivity index is 1.66. The van der Waals surface area contributed by atoms with Gasteiger partial charge in [0.05, 0.1) is 11.9 Å². The quantitative estimate of drug-likeness (QED) is 0.451. The van der Waals surface area contributed by atoms with Crippen LogP contribution in [0.5, 0.6) is 0 Å². The average molecular weight is 419 g/mol. The number of benzene rings is 2. The Morgan fingerprint density at radius 2 is 1.68 bits per heavy atom. The van der Waals surface area contributed by atoms with Gasteiger partial charge in [-0.2, -0.15) is 5.10 Å². The van der Waals surface area contributed by atoms with Crippen molar-refractivity contribution in [2.45, 2.75) is 13.0 Å². The lowest BCUT2D eigenvalue weighted by atomic mass is 10.1. The highest BCUT2D eigenvalue weighted by Crippen LogP contribution is 2.09. The molecule has 1 amide bonds. The zero-order valence-corrected chi connectivity index (χ0v) is 18.4. The number of rotatable bonds is 8. The van der Waals surface area contributed by atoms with Gasteiger partial charge in [0.1, 0.15) is 6.54 Å². The maximum atomic E-state index is 12.0. The molecule has 0 aliphatic heterocycles. The minimum atomic E-state index is -0.0346. The van der Waals surface area contributed by atoms with E-state index in [1.54, 1.807) is 19.0 Å². The van der Waals surface area contributed by atoms with Crippen LogP contribution in [0.2, 0.25) is 0 Å². The Morgan fingerprint density at radius 1 is 1.00 bits per heavy atom. The minimum absolute atomic E-state index is 0.0346. The van der Waals surface area contributed by atoms with Crippen LogP contribution in [0.25, 0.3) is 5.69 Å². The van der Waals surface area contributed by atoms with Crippen LogP contribution in [0, 0.1) is 0 Å². The molecule has 3 rings (SSSR count). The third-order valence-electron chi connectivity index (χ3n) is 4.84. The molecule has 0 bridgehead atoms. The molecule has 1 aromatic heterocycles. The Hall–Kier alpha value is -3.61. The van der Waals surface area contributed by atoms with Crippen molar-refractivity contribution in [2.24, 2.45) is 4.99 Å². The van der Waals surface area contributed by atoms with Crippen LogP contribution in [0.1, 0.15) is 11.1 Å². The summed E-state index contributed by atoms with van der Waals surface area (Å²) in [6.07, 6.45) is 4.75. The number of nitrogens with one attached hydrogen (secondary N) is 1. The first-order valence-electron chi connectivity index (χ1n) is 10.4. The smallest absolute Gasteiger partial charge is 0.243 e. The van der Waals surface area contributed by atoms with Gasteiger partial charge < -0.3 is 15.1 Å². The van der Waals surface area contributed by atoms with Crippen molar-refractivity contribution in [3.05, 3.63) is 84.2 Å². The van der Waals surface area contributed by atoms with Crippen LogP contribution < -0.4 is 5.32 Å². The Bertz CT molecular complexity index is 982. The van der Waals surface area contributed by atoms with Crippen molar-refractivity contribution < 1.29 is 4.79 Å². The average Bonchev–Trinajstić information content (AvgIpc) is 3.25. The number of carbonyl (C=O) groups is 1. The Kier molecular flexibility index (Phi) is 7.81. The fourth-order valence-corrected chi connectivity index (χ4v) is 3.07. The minimum Gasteiger partial charge on any atom is -0.356 e. The van der Waals surface area contributed by atoms with Gasteiger partial charge in [0.15, 0.2) is 5.96 Å². The van der Waals surface area contributed by atoms with Crippen LogP contribution in [0.15, 0.2) is 78.0 Å². The molecule has 0 aliphatic carbocycles. The molecular weight excluding hydrogens is 388 g/mol. The van der Waals surface area contributed by atoms with E-state index < -0.39 is 0 Å². The number of nitrogens with zero attached hydrogens (tertiary/aromatic N) is 5. The zero-order valence-electron chi connectivity index (χ0n) is 18.4. The van der Waals surface area contributed by atoms with E-state index in [9.17, 15) is 4.79 Å². The molecule has 31 heavy (non-hydrogen) atoms. The second-order valence-corrected chi connectivity index (χ2v) is 7.58. The van der Waals surface area contributed by atoms with Crippen molar-refractivity contribution in [2.75, 3.05) is 34.2 Å². The van der Waals surface area contributed by atoms with E-state index in [-0.39, 0.29) is 12.5 Å². The number of guanidine groups is 1. The molecule has 0 saturated carbocycles. The molecule has 2 aromatic carbocycles. The molecule has 0 fully saturated rings. The molecule has 0 spiro atoms. The highest BCUT2D eigenvalue weighted by molar-refractivity contribution is 5.84. The van der Waals surface area contributed by atoms with Gasteiger partial charge in [-0.05, 0) is 24.1 Å². The Morgan fingerprint density at radius 3 is 2.35 bits per heavy atom. The van der Waals surface area contributed by atoms with Gasteiger partial charge in [-0.1, -0.05) is 48.5 Å². The van der Waals surface area contributed by atoms with Gasteiger partial charge in [-0.15, -0.1) is 0 Å². The molecule has 7 heteroatoms. The molecule has 0 unspecified atom stereocenters. The second-order valence-electron chi connectivity index (χ2n) is 7.58. The van der Waals surface area contributed by atoms with E-state index in [1.165, 1.54) is 5.56 Å². The SMILES string of the molecule is CN(C)C(=O)CN=C(NCCc1ccccc1)N(C)Cc1cnn(-c2ccccc2)c1. The first-order valence-corrected chi connectivity index (χ1v) is 10.4. The lowest BCUT2D eigenvalue weighted by molar-refractivity contribution is -0.127. The number of para-hydroxylation sites is 1. The van der Waals surface area contributed by atoms with Crippen molar-refractivity contribution >= 4 is 11.9 Å². The van der Waals surface area contributed by atoms with E-state index in [0.717, 1.165) is 24.2 Å². The normalized spacial score (nSPS) is 11.3. The number of hydrogen-bond donors (Lipinski definition) is 1. The standard InChI is InChI=1S/C24H30N6O/c1-28(2)23(31)17-26-24(25-15-14-20-10-6-4-7-11-20)29(3)18-21-16-27-30(19-21)22-12-8-5-9-13-22/h4-13,16,19H,14-15,17-18H2,1-3H3,(H,25,26). The first kappa shape index (κ1) is 22.1. The van der Waals surface area contributed by atoms with Gasteiger partial charge >= 0.3 is 0 Å². The summed E-state index contributed by atoms with van der Waals surface area (Å²) in [4.78, 5) is 20.2. The summed E-state index contributed by atoms with van der Waals surface area (Å²) in [6.45, 7) is 1.46. The molecule has 0 aliphatic rings. The largest absolute Gasteiger partial charge is 0.356 e. The summed E-state index contributed by atoms with van der Waals surface area (Å²) in [6, 6.07) is 20.3. The van der Waals surface area contributed by atoms with E-state index in [1.807, 2.05) is 77.6 Å². The van der Waals surface area contributed by atoms with Crippen molar-refractivity contribution in [3.63, 3.8) is 0 Å². The summed E-state index contributed by atoms with van der Waals surface area (Å²) >= 11 is 0. The zero-order chi connectivity index (χ0) is 22.1. The predicted molar refractivity (Wildman–Crippen MR) is 124 cm³/mol. The maximum Gasteiger partial charge on any atom is 0.243 e. The van der Waals surface area contributed by atoms with Gasteiger partial charge in [-0.25, -0.2) is 9.67 Å². The fraction of sp³-hybridized carbons (Fsp3) is 0.292. The predicted octanol–water partition coefficient (Wildman–Crippen LogP) is 2.58. The number of likely N-dealkylation sites (N-methyl/N-ethyl adjacent to an activating group) is 1. The van der Waals surface area contributed by atoms with Crippen LogP contribution in [-0.4, -0.2) is 65.7 Å². The van der Waals surface area contributed by atoms with E-state index in [0.29, 0.717) is 12.5 Å². The molecule has 0 saturated heterocycles. The highest BCUT2D eigenvalue weighted by Gasteiger charge is 2.11. The summed E-state index contributed by atoms with van der Waals surface area (Å²) in [7, 11) is 5.44. The van der Waals surface area contributed by atoms with Crippen LogP contribution in [-0.2, 0) is 17.8 Å². The van der Waals surface area contributed by atoms with Gasteiger partial charge in [0, 0.05) is 46.0 Å². The molecule has 162 valence electrons. The van der Waals surface area contributed by atoms with Crippen LogP contribution in [0.3, 0.4) is 0 Å². The first-order chi connectivity index (χ1) is 15.0. The van der Waals surface area contributed by atoms with Gasteiger partial charge in [-0.3, -0.25) is 4.79 Å². The van der Waals surface area contributed by atoms with Crippen LogP contribution >= 0.6 is 0 Å². The summed E-state index contributed by atoms with van der Waals surface area (Å²) in [5, 5.41) is 7.87. The maximum absolute atomic E-state index is 12.0. The van der Waals surface area contributed by atoms with Crippen molar-refractivity contribution in [1.82, 2.24) is 24.9 Å². The molecule has 0 radical (unpaired) electrons. The van der Waals surface area contributed by atoms with Crippen LogP contribution in [0.4, 0.5) is 0 Å². The molecule has 0 atom stereocenters. The molecule has 1 N–H and O–H groups in total. The Labute approximate surface area is 184 Å². The number of carbonyl (C=O) groups excluding carboxylic acids is 1. The summed E-state index contributed by atoms with van der Waals surface area (Å²) < 4.78 is 1.86. The molecule has 1 heterocycles. The number of amides is 1. The molecule has 7 nitrogen and oxygen atoms in total. The van der Waals surface area contributed by atoms with Gasteiger partial charge in [0.2, 0.25) is 5.91 Å². The molecular formula is C24H30N6O. The summed E-state index contributed by atoms with van der Waals surface area (Å²) in [5.41, 5.74) is 3.33.